The zero-order chi connectivity index (χ0) is 14.3. The Morgan fingerprint density at radius 1 is 1.21 bits per heavy atom. The maximum Gasteiger partial charge on any atom is 0.326 e. The summed E-state index contributed by atoms with van der Waals surface area (Å²) in [6.45, 7) is 0.741. The van der Waals surface area contributed by atoms with Crippen molar-refractivity contribution in [2.45, 2.75) is 50.6 Å². The second-order valence-electron chi connectivity index (χ2n) is 4.69. The number of rotatable bonds is 6. The Kier molecular flexibility index (Phi) is 6.27. The standard InChI is InChI=1S/C12H20N2O5/c15-10(16)6-5-9(12(18)19)14-11(17)8-4-2-1-3-7-13-8/h8-9,13H,1-7H2,(H,14,17)(H,15,16)(H,18,19)/t8?,9-/m0/s1. The third kappa shape index (κ3) is 5.69. The minimum atomic E-state index is -1.21. The molecule has 0 aromatic rings. The van der Waals surface area contributed by atoms with Crippen molar-refractivity contribution >= 4 is 17.8 Å². The van der Waals surface area contributed by atoms with Gasteiger partial charge in [0.15, 0.2) is 0 Å². The molecule has 1 aliphatic heterocycles. The topological polar surface area (TPSA) is 116 Å². The molecular formula is C12H20N2O5. The van der Waals surface area contributed by atoms with Gasteiger partial charge in [-0.05, 0) is 25.8 Å². The largest absolute Gasteiger partial charge is 0.481 e. The fourth-order valence-corrected chi connectivity index (χ4v) is 2.05. The molecule has 1 aliphatic rings. The first-order chi connectivity index (χ1) is 9.00. The SMILES string of the molecule is O=C(O)CC[C@H](NC(=O)C1CCCCCN1)C(=O)O. The molecule has 0 saturated carbocycles. The summed E-state index contributed by atoms with van der Waals surface area (Å²) in [7, 11) is 0. The lowest BCUT2D eigenvalue weighted by Gasteiger charge is -2.19. The van der Waals surface area contributed by atoms with E-state index in [1.165, 1.54) is 0 Å². The number of aliphatic carboxylic acids is 2. The molecule has 1 rings (SSSR count). The van der Waals surface area contributed by atoms with Gasteiger partial charge in [0.05, 0.1) is 6.04 Å². The van der Waals surface area contributed by atoms with E-state index in [1.807, 2.05) is 0 Å². The van der Waals surface area contributed by atoms with Crippen LogP contribution in [0.4, 0.5) is 0 Å². The fraction of sp³-hybridized carbons (Fsp3) is 0.750. The highest BCUT2D eigenvalue weighted by Crippen LogP contribution is 2.09. The van der Waals surface area contributed by atoms with Crippen molar-refractivity contribution in [2.24, 2.45) is 0 Å². The number of hydrogen-bond donors (Lipinski definition) is 4. The van der Waals surface area contributed by atoms with Crippen molar-refractivity contribution in [2.75, 3.05) is 6.54 Å². The molecule has 0 aromatic heterocycles. The first-order valence-electron chi connectivity index (χ1n) is 6.49. The van der Waals surface area contributed by atoms with Gasteiger partial charge in [0.25, 0.3) is 0 Å². The van der Waals surface area contributed by atoms with Gasteiger partial charge >= 0.3 is 11.9 Å². The molecular weight excluding hydrogens is 252 g/mol. The molecule has 0 aliphatic carbocycles. The molecule has 0 radical (unpaired) electrons. The van der Waals surface area contributed by atoms with Crippen molar-refractivity contribution in [1.29, 1.82) is 0 Å². The summed E-state index contributed by atoms with van der Waals surface area (Å²) in [6, 6.07) is -1.53. The molecule has 1 amide bonds. The maximum atomic E-state index is 11.9. The maximum absolute atomic E-state index is 11.9. The van der Waals surface area contributed by atoms with Crippen LogP contribution in [-0.4, -0.2) is 46.7 Å². The van der Waals surface area contributed by atoms with E-state index in [1.54, 1.807) is 0 Å². The second-order valence-corrected chi connectivity index (χ2v) is 4.69. The molecule has 7 nitrogen and oxygen atoms in total. The number of nitrogens with one attached hydrogen (secondary N) is 2. The minimum absolute atomic E-state index is 0.108. The van der Waals surface area contributed by atoms with Gasteiger partial charge < -0.3 is 20.8 Å². The van der Waals surface area contributed by atoms with Gasteiger partial charge in [-0.2, -0.15) is 0 Å². The fourth-order valence-electron chi connectivity index (χ4n) is 2.05. The van der Waals surface area contributed by atoms with E-state index in [0.717, 1.165) is 25.8 Å². The van der Waals surface area contributed by atoms with Gasteiger partial charge in [-0.1, -0.05) is 12.8 Å². The number of hydrogen-bond acceptors (Lipinski definition) is 4. The highest BCUT2D eigenvalue weighted by Gasteiger charge is 2.25. The molecule has 0 spiro atoms. The van der Waals surface area contributed by atoms with Gasteiger partial charge in [-0.3, -0.25) is 9.59 Å². The van der Waals surface area contributed by atoms with Crippen molar-refractivity contribution in [1.82, 2.24) is 10.6 Å². The summed E-state index contributed by atoms with van der Waals surface area (Å²) in [6.07, 6.45) is 3.27. The summed E-state index contributed by atoms with van der Waals surface area (Å²) < 4.78 is 0. The average Bonchev–Trinajstić information content (AvgIpc) is 2.62. The van der Waals surface area contributed by atoms with Crippen LogP contribution in [-0.2, 0) is 14.4 Å². The van der Waals surface area contributed by atoms with Crippen molar-refractivity contribution < 1.29 is 24.6 Å². The van der Waals surface area contributed by atoms with Crippen LogP contribution in [0.2, 0.25) is 0 Å². The summed E-state index contributed by atoms with van der Waals surface area (Å²) >= 11 is 0. The summed E-state index contributed by atoms with van der Waals surface area (Å²) in [5.74, 6) is -2.64. The number of carboxylic acids is 2. The molecule has 4 N–H and O–H groups in total. The van der Waals surface area contributed by atoms with Crippen LogP contribution in [0.5, 0.6) is 0 Å². The van der Waals surface area contributed by atoms with Gasteiger partial charge in [0.1, 0.15) is 6.04 Å². The second kappa shape index (κ2) is 7.73. The van der Waals surface area contributed by atoms with E-state index in [9.17, 15) is 14.4 Å². The Morgan fingerprint density at radius 2 is 1.95 bits per heavy atom. The van der Waals surface area contributed by atoms with Crippen molar-refractivity contribution in [3.05, 3.63) is 0 Å². The predicted molar refractivity (Wildman–Crippen MR) is 66.7 cm³/mol. The van der Waals surface area contributed by atoms with Crippen LogP contribution < -0.4 is 10.6 Å². The molecule has 7 heteroatoms. The Bertz CT molecular complexity index is 337. The Hall–Kier alpha value is -1.63. The van der Waals surface area contributed by atoms with E-state index in [2.05, 4.69) is 10.6 Å². The van der Waals surface area contributed by atoms with Crippen molar-refractivity contribution in [3.8, 4) is 0 Å². The highest BCUT2D eigenvalue weighted by molar-refractivity contribution is 5.87. The number of carbonyl (C=O) groups excluding carboxylic acids is 1. The molecule has 108 valence electrons. The van der Waals surface area contributed by atoms with Gasteiger partial charge in [-0.25, -0.2) is 4.79 Å². The number of carboxylic acid groups (broad SMARTS) is 2. The Labute approximate surface area is 111 Å². The Morgan fingerprint density at radius 3 is 2.58 bits per heavy atom. The molecule has 19 heavy (non-hydrogen) atoms. The van der Waals surface area contributed by atoms with Crippen LogP contribution in [0.3, 0.4) is 0 Å². The summed E-state index contributed by atoms with van der Waals surface area (Å²) in [5, 5.41) is 23.0. The molecule has 0 bridgehead atoms. The molecule has 1 saturated heterocycles. The average molecular weight is 272 g/mol. The van der Waals surface area contributed by atoms with Crippen LogP contribution in [0.15, 0.2) is 0 Å². The monoisotopic (exact) mass is 272 g/mol. The normalized spacial score (nSPS) is 21.2. The third-order valence-corrected chi connectivity index (χ3v) is 3.14. The van der Waals surface area contributed by atoms with E-state index >= 15 is 0 Å². The highest BCUT2D eigenvalue weighted by atomic mass is 16.4. The Balaban J connectivity index is 2.49. The first-order valence-corrected chi connectivity index (χ1v) is 6.49. The lowest BCUT2D eigenvalue weighted by molar-refractivity contribution is -0.143. The van der Waals surface area contributed by atoms with E-state index < -0.39 is 18.0 Å². The third-order valence-electron chi connectivity index (χ3n) is 3.14. The predicted octanol–water partition coefficient (Wildman–Crippen LogP) is -0.0472. The van der Waals surface area contributed by atoms with E-state index in [0.29, 0.717) is 6.42 Å². The first kappa shape index (κ1) is 15.4. The summed E-state index contributed by atoms with van der Waals surface area (Å²) in [4.78, 5) is 33.3. The molecule has 0 aromatic carbocycles. The quantitative estimate of drug-likeness (QED) is 0.539. The minimum Gasteiger partial charge on any atom is -0.481 e. The lowest BCUT2D eigenvalue weighted by Crippen LogP contribution is -2.50. The van der Waals surface area contributed by atoms with Crippen molar-refractivity contribution in [3.63, 3.8) is 0 Å². The smallest absolute Gasteiger partial charge is 0.326 e. The zero-order valence-corrected chi connectivity index (χ0v) is 10.7. The van der Waals surface area contributed by atoms with Crippen LogP contribution >= 0.6 is 0 Å². The number of amides is 1. The van der Waals surface area contributed by atoms with Gasteiger partial charge in [-0.15, -0.1) is 0 Å². The molecule has 1 unspecified atom stereocenters. The molecule has 2 atom stereocenters. The van der Waals surface area contributed by atoms with Crippen LogP contribution in [0.25, 0.3) is 0 Å². The van der Waals surface area contributed by atoms with E-state index in [-0.39, 0.29) is 24.8 Å². The lowest BCUT2D eigenvalue weighted by atomic mass is 10.1. The van der Waals surface area contributed by atoms with E-state index in [4.69, 9.17) is 10.2 Å². The zero-order valence-electron chi connectivity index (χ0n) is 10.7. The van der Waals surface area contributed by atoms with Crippen LogP contribution in [0.1, 0.15) is 38.5 Å². The molecule has 1 heterocycles. The van der Waals surface area contributed by atoms with Crippen LogP contribution in [0, 0.1) is 0 Å². The summed E-state index contributed by atoms with van der Waals surface area (Å²) in [5.41, 5.74) is 0. The number of carbonyl (C=O) groups is 3. The van der Waals surface area contributed by atoms with Gasteiger partial charge in [0.2, 0.25) is 5.91 Å². The van der Waals surface area contributed by atoms with Gasteiger partial charge in [0, 0.05) is 6.42 Å². The molecule has 1 fully saturated rings.